The van der Waals surface area contributed by atoms with Crippen molar-refractivity contribution in [1.82, 2.24) is 4.90 Å². The van der Waals surface area contributed by atoms with Gasteiger partial charge in [-0.1, -0.05) is 30.3 Å². The largest absolute Gasteiger partial charge is 0.481 e. The second kappa shape index (κ2) is 6.41. The van der Waals surface area contributed by atoms with Crippen molar-refractivity contribution < 1.29 is 19.4 Å². The number of hydrogen-bond donors (Lipinski definition) is 1. The normalized spacial score (nSPS) is 22.4. The minimum absolute atomic E-state index is 0.209. The van der Waals surface area contributed by atoms with Crippen molar-refractivity contribution in [3.8, 4) is 0 Å². The molecule has 5 nitrogen and oxygen atoms in total. The van der Waals surface area contributed by atoms with Crippen LogP contribution in [0.3, 0.4) is 0 Å². The van der Waals surface area contributed by atoms with Gasteiger partial charge in [0.05, 0.1) is 5.92 Å². The Balaban J connectivity index is 1.93. The molecule has 5 heteroatoms. The molecule has 1 aromatic carbocycles. The lowest BCUT2D eigenvalue weighted by Gasteiger charge is -2.36. The summed E-state index contributed by atoms with van der Waals surface area (Å²) in [7, 11) is 0. The lowest BCUT2D eigenvalue weighted by Crippen LogP contribution is -2.49. The fourth-order valence-electron chi connectivity index (χ4n) is 2.53. The first-order chi connectivity index (χ1) is 9.59. The second-order valence-electron chi connectivity index (χ2n) is 5.06. The number of amides is 1. The first kappa shape index (κ1) is 14.4. The highest BCUT2D eigenvalue weighted by Gasteiger charge is 2.36. The SMILES string of the molecule is C[C@@H]1[C@@H](C(=O)O)CCCN1C(=O)OCc1ccccc1. The predicted molar refractivity (Wildman–Crippen MR) is 73.2 cm³/mol. The van der Waals surface area contributed by atoms with Crippen LogP contribution >= 0.6 is 0 Å². The predicted octanol–water partition coefficient (Wildman–Crippen LogP) is 2.51. The van der Waals surface area contributed by atoms with E-state index in [4.69, 9.17) is 9.84 Å². The molecule has 2 atom stereocenters. The van der Waals surface area contributed by atoms with Crippen LogP contribution in [0.5, 0.6) is 0 Å². The molecule has 0 radical (unpaired) electrons. The third-order valence-corrected chi connectivity index (χ3v) is 3.74. The minimum Gasteiger partial charge on any atom is -0.481 e. The van der Waals surface area contributed by atoms with Gasteiger partial charge in [0.15, 0.2) is 0 Å². The topological polar surface area (TPSA) is 66.8 Å². The van der Waals surface area contributed by atoms with Crippen molar-refractivity contribution in [3.05, 3.63) is 35.9 Å². The molecular formula is C15H19NO4. The Labute approximate surface area is 118 Å². The molecule has 0 bridgehead atoms. The summed E-state index contributed by atoms with van der Waals surface area (Å²) in [6.45, 7) is 2.53. The van der Waals surface area contributed by atoms with Crippen LogP contribution in [0.15, 0.2) is 30.3 Å². The molecule has 108 valence electrons. The van der Waals surface area contributed by atoms with E-state index in [1.165, 1.54) is 4.90 Å². The summed E-state index contributed by atoms with van der Waals surface area (Å²) in [4.78, 5) is 24.7. The van der Waals surface area contributed by atoms with Gasteiger partial charge in [-0.3, -0.25) is 4.79 Å². The van der Waals surface area contributed by atoms with E-state index < -0.39 is 18.0 Å². The van der Waals surface area contributed by atoms with Crippen molar-refractivity contribution in [2.75, 3.05) is 6.54 Å². The fourth-order valence-corrected chi connectivity index (χ4v) is 2.53. The second-order valence-corrected chi connectivity index (χ2v) is 5.06. The number of carboxylic acids is 1. The third-order valence-electron chi connectivity index (χ3n) is 3.74. The van der Waals surface area contributed by atoms with Crippen LogP contribution in [-0.4, -0.2) is 34.7 Å². The average molecular weight is 277 g/mol. The zero-order valence-corrected chi connectivity index (χ0v) is 11.5. The Hall–Kier alpha value is -2.04. The van der Waals surface area contributed by atoms with E-state index in [9.17, 15) is 9.59 Å². The molecule has 1 fully saturated rings. The summed E-state index contributed by atoms with van der Waals surface area (Å²) in [5.74, 6) is -1.36. The van der Waals surface area contributed by atoms with E-state index in [1.807, 2.05) is 30.3 Å². The Morgan fingerprint density at radius 3 is 2.70 bits per heavy atom. The Bertz CT molecular complexity index is 474. The van der Waals surface area contributed by atoms with Crippen LogP contribution < -0.4 is 0 Å². The van der Waals surface area contributed by atoms with E-state index in [-0.39, 0.29) is 12.6 Å². The third kappa shape index (κ3) is 3.29. The van der Waals surface area contributed by atoms with Gasteiger partial charge >= 0.3 is 12.1 Å². The van der Waals surface area contributed by atoms with Gasteiger partial charge in [0.25, 0.3) is 0 Å². The summed E-state index contributed by atoms with van der Waals surface area (Å²) in [6.07, 6.45) is 0.869. The number of aliphatic carboxylic acids is 1. The van der Waals surface area contributed by atoms with Crippen molar-refractivity contribution in [3.63, 3.8) is 0 Å². The van der Waals surface area contributed by atoms with Crippen molar-refractivity contribution in [2.24, 2.45) is 5.92 Å². The van der Waals surface area contributed by atoms with Crippen LogP contribution in [0.1, 0.15) is 25.3 Å². The molecule has 1 saturated heterocycles. The van der Waals surface area contributed by atoms with Crippen LogP contribution in [0.2, 0.25) is 0 Å². The number of carbonyl (C=O) groups is 2. The number of likely N-dealkylation sites (tertiary alicyclic amines) is 1. The Morgan fingerprint density at radius 1 is 1.35 bits per heavy atom. The van der Waals surface area contributed by atoms with E-state index >= 15 is 0 Å². The molecule has 0 aromatic heterocycles. The van der Waals surface area contributed by atoms with Gasteiger partial charge in [-0.05, 0) is 25.3 Å². The molecule has 0 aliphatic carbocycles. The molecule has 1 aliphatic heterocycles. The first-order valence-corrected chi connectivity index (χ1v) is 6.79. The van der Waals surface area contributed by atoms with Crippen LogP contribution in [0, 0.1) is 5.92 Å². The molecule has 2 rings (SSSR count). The summed E-state index contributed by atoms with van der Waals surface area (Å²) < 4.78 is 5.26. The molecule has 1 aromatic rings. The molecule has 0 spiro atoms. The quantitative estimate of drug-likeness (QED) is 0.921. The Morgan fingerprint density at radius 2 is 2.05 bits per heavy atom. The van der Waals surface area contributed by atoms with Gasteiger partial charge in [-0.2, -0.15) is 0 Å². The zero-order valence-electron chi connectivity index (χ0n) is 11.5. The van der Waals surface area contributed by atoms with E-state index in [0.29, 0.717) is 19.4 Å². The summed E-state index contributed by atoms with van der Waals surface area (Å²) >= 11 is 0. The molecule has 1 aliphatic rings. The zero-order chi connectivity index (χ0) is 14.5. The maximum Gasteiger partial charge on any atom is 0.410 e. The van der Waals surface area contributed by atoms with Gasteiger partial charge in [-0.15, -0.1) is 0 Å². The minimum atomic E-state index is -0.849. The van der Waals surface area contributed by atoms with Crippen molar-refractivity contribution in [1.29, 1.82) is 0 Å². The molecule has 0 unspecified atom stereocenters. The van der Waals surface area contributed by atoms with Gasteiger partial charge in [0.1, 0.15) is 6.61 Å². The maximum atomic E-state index is 12.1. The lowest BCUT2D eigenvalue weighted by atomic mass is 9.91. The smallest absolute Gasteiger partial charge is 0.410 e. The number of ether oxygens (including phenoxy) is 1. The van der Waals surface area contributed by atoms with E-state index in [1.54, 1.807) is 6.92 Å². The Kier molecular flexibility index (Phi) is 4.61. The fraction of sp³-hybridized carbons (Fsp3) is 0.467. The highest BCUT2D eigenvalue weighted by atomic mass is 16.6. The number of rotatable bonds is 3. The van der Waals surface area contributed by atoms with Gasteiger partial charge in [-0.25, -0.2) is 4.79 Å². The van der Waals surface area contributed by atoms with Gasteiger partial charge < -0.3 is 14.7 Å². The first-order valence-electron chi connectivity index (χ1n) is 6.79. The molecule has 20 heavy (non-hydrogen) atoms. The standard InChI is InChI=1S/C15H19NO4/c1-11-13(14(17)18)8-5-9-16(11)15(19)20-10-12-6-3-2-4-7-12/h2-4,6-7,11,13H,5,8-10H2,1H3,(H,17,18)/t11-,13+/m1/s1. The monoisotopic (exact) mass is 277 g/mol. The van der Waals surface area contributed by atoms with Crippen LogP contribution in [-0.2, 0) is 16.1 Å². The van der Waals surface area contributed by atoms with Crippen LogP contribution in [0.25, 0.3) is 0 Å². The number of nitrogens with zero attached hydrogens (tertiary/aromatic N) is 1. The maximum absolute atomic E-state index is 12.1. The summed E-state index contributed by atoms with van der Waals surface area (Å²) in [5.41, 5.74) is 0.917. The average Bonchev–Trinajstić information content (AvgIpc) is 2.46. The lowest BCUT2D eigenvalue weighted by molar-refractivity contribution is -0.145. The molecule has 0 saturated carbocycles. The molecule has 1 amide bonds. The van der Waals surface area contributed by atoms with Crippen LogP contribution in [0.4, 0.5) is 4.79 Å². The number of carbonyl (C=O) groups excluding carboxylic acids is 1. The molecular weight excluding hydrogens is 258 g/mol. The summed E-state index contributed by atoms with van der Waals surface area (Å²) in [5, 5.41) is 9.14. The number of piperidine rings is 1. The van der Waals surface area contributed by atoms with E-state index in [2.05, 4.69) is 0 Å². The highest BCUT2D eigenvalue weighted by molar-refractivity contribution is 5.74. The number of benzene rings is 1. The number of hydrogen-bond acceptors (Lipinski definition) is 3. The number of carboxylic acid groups (broad SMARTS) is 1. The molecule has 1 N–H and O–H groups in total. The van der Waals surface area contributed by atoms with Gasteiger partial charge in [0, 0.05) is 12.6 Å². The van der Waals surface area contributed by atoms with Crippen molar-refractivity contribution >= 4 is 12.1 Å². The molecule has 1 heterocycles. The summed E-state index contributed by atoms with van der Waals surface area (Å²) in [6, 6.07) is 9.10. The van der Waals surface area contributed by atoms with Gasteiger partial charge in [0.2, 0.25) is 0 Å². The highest BCUT2D eigenvalue weighted by Crippen LogP contribution is 2.24. The van der Waals surface area contributed by atoms with Crippen molar-refractivity contribution in [2.45, 2.75) is 32.4 Å². The van der Waals surface area contributed by atoms with E-state index in [0.717, 1.165) is 5.56 Å².